The Hall–Kier alpha value is -1.88. The van der Waals surface area contributed by atoms with Crippen molar-refractivity contribution in [3.05, 3.63) is 41.0 Å². The van der Waals surface area contributed by atoms with Gasteiger partial charge in [0.05, 0.1) is 19.0 Å². The number of hydrogen-bond acceptors (Lipinski definition) is 4. The van der Waals surface area contributed by atoms with Gasteiger partial charge in [-0.1, -0.05) is 0 Å². The molecule has 2 rings (SSSR count). The molecule has 2 aromatic rings. The fraction of sp³-hybridized carbons (Fsp3) is 0.467. The summed E-state index contributed by atoms with van der Waals surface area (Å²) in [5, 5.41) is 7.58. The fourth-order valence-electron chi connectivity index (χ4n) is 2.29. The van der Waals surface area contributed by atoms with Crippen molar-refractivity contribution in [1.29, 1.82) is 0 Å². The first kappa shape index (κ1) is 14.5. The van der Waals surface area contributed by atoms with E-state index in [-0.39, 0.29) is 0 Å². The zero-order valence-corrected chi connectivity index (χ0v) is 12.6. The molecular formula is C15H22N4O. The van der Waals surface area contributed by atoms with Crippen LogP contribution in [-0.2, 0) is 20.0 Å². The number of hydrogen-bond donors (Lipinski definition) is 1. The smallest absolute Gasteiger partial charge is 0.128 e. The Balaban J connectivity index is 1.88. The normalized spacial score (nSPS) is 10.8. The number of nitrogens with zero attached hydrogens (tertiary/aromatic N) is 3. The molecule has 2 heterocycles. The third-order valence-electron chi connectivity index (χ3n) is 3.39. The number of pyridine rings is 1. The molecular weight excluding hydrogens is 252 g/mol. The van der Waals surface area contributed by atoms with E-state index in [0.29, 0.717) is 0 Å². The number of aryl methyl sites for hydroxylation is 2. The Bertz CT molecular complexity index is 577. The van der Waals surface area contributed by atoms with E-state index in [2.05, 4.69) is 22.3 Å². The molecule has 0 amide bonds. The molecule has 0 aliphatic heterocycles. The van der Waals surface area contributed by atoms with Gasteiger partial charge in [0, 0.05) is 37.1 Å². The number of nitrogens with one attached hydrogen (secondary N) is 1. The summed E-state index contributed by atoms with van der Waals surface area (Å²) in [6.45, 7) is 5.72. The van der Waals surface area contributed by atoms with Crippen LogP contribution in [0.4, 0.5) is 0 Å². The first-order valence-corrected chi connectivity index (χ1v) is 6.79. The molecule has 0 saturated carbocycles. The predicted molar refractivity (Wildman–Crippen MR) is 78.9 cm³/mol. The van der Waals surface area contributed by atoms with E-state index in [1.165, 1.54) is 5.56 Å². The summed E-state index contributed by atoms with van der Waals surface area (Å²) in [6.07, 6.45) is 6.78. The molecule has 20 heavy (non-hydrogen) atoms. The maximum Gasteiger partial charge on any atom is 0.128 e. The molecule has 0 spiro atoms. The van der Waals surface area contributed by atoms with Gasteiger partial charge in [-0.2, -0.15) is 5.10 Å². The van der Waals surface area contributed by atoms with Gasteiger partial charge >= 0.3 is 0 Å². The van der Waals surface area contributed by atoms with Gasteiger partial charge in [0.25, 0.3) is 0 Å². The van der Waals surface area contributed by atoms with Crippen LogP contribution in [0.3, 0.4) is 0 Å². The second-order valence-corrected chi connectivity index (χ2v) is 5.00. The van der Waals surface area contributed by atoms with E-state index in [4.69, 9.17) is 4.74 Å². The van der Waals surface area contributed by atoms with E-state index in [9.17, 15) is 0 Å². The molecule has 0 fully saturated rings. The Labute approximate surface area is 120 Å². The van der Waals surface area contributed by atoms with Crippen LogP contribution in [0.1, 0.15) is 22.4 Å². The minimum Gasteiger partial charge on any atom is -0.496 e. The highest BCUT2D eigenvalue weighted by Gasteiger charge is 2.08. The quantitative estimate of drug-likeness (QED) is 0.816. The van der Waals surface area contributed by atoms with E-state index in [0.717, 1.165) is 42.1 Å². The molecule has 2 aromatic heterocycles. The Morgan fingerprint density at radius 2 is 2.10 bits per heavy atom. The largest absolute Gasteiger partial charge is 0.496 e. The SMILES string of the molecule is COc1c(C)cnc(CNCCc2cnn(C)c2)c1C. The van der Waals surface area contributed by atoms with Crippen molar-refractivity contribution in [1.82, 2.24) is 20.1 Å². The molecule has 0 aliphatic carbocycles. The third-order valence-corrected chi connectivity index (χ3v) is 3.39. The molecule has 0 unspecified atom stereocenters. The Morgan fingerprint density at radius 1 is 1.30 bits per heavy atom. The second-order valence-electron chi connectivity index (χ2n) is 5.00. The van der Waals surface area contributed by atoms with Gasteiger partial charge in [0.1, 0.15) is 5.75 Å². The molecule has 0 atom stereocenters. The summed E-state index contributed by atoms with van der Waals surface area (Å²) in [6, 6.07) is 0. The van der Waals surface area contributed by atoms with Crippen LogP contribution in [0, 0.1) is 13.8 Å². The lowest BCUT2D eigenvalue weighted by atomic mass is 10.1. The summed E-state index contributed by atoms with van der Waals surface area (Å²) in [7, 11) is 3.64. The second kappa shape index (κ2) is 6.52. The van der Waals surface area contributed by atoms with E-state index in [1.807, 2.05) is 37.2 Å². The van der Waals surface area contributed by atoms with Crippen molar-refractivity contribution in [3.8, 4) is 5.75 Å². The molecule has 5 heteroatoms. The highest BCUT2D eigenvalue weighted by Crippen LogP contribution is 2.23. The fourth-order valence-corrected chi connectivity index (χ4v) is 2.29. The van der Waals surface area contributed by atoms with Crippen molar-refractivity contribution in [2.45, 2.75) is 26.8 Å². The van der Waals surface area contributed by atoms with Crippen molar-refractivity contribution < 1.29 is 4.74 Å². The van der Waals surface area contributed by atoms with E-state index >= 15 is 0 Å². The number of rotatable bonds is 6. The van der Waals surface area contributed by atoms with Crippen LogP contribution < -0.4 is 10.1 Å². The maximum atomic E-state index is 5.42. The van der Waals surface area contributed by atoms with Crippen LogP contribution in [0.15, 0.2) is 18.6 Å². The zero-order chi connectivity index (χ0) is 14.5. The lowest BCUT2D eigenvalue weighted by Crippen LogP contribution is -2.18. The van der Waals surface area contributed by atoms with Crippen LogP contribution in [0.25, 0.3) is 0 Å². The Kier molecular flexibility index (Phi) is 4.74. The molecule has 0 saturated heterocycles. The third kappa shape index (κ3) is 3.36. The predicted octanol–water partition coefficient (Wildman–Crippen LogP) is 1.77. The van der Waals surface area contributed by atoms with Crippen molar-refractivity contribution >= 4 is 0 Å². The van der Waals surface area contributed by atoms with Crippen molar-refractivity contribution in [2.24, 2.45) is 7.05 Å². The van der Waals surface area contributed by atoms with E-state index < -0.39 is 0 Å². The zero-order valence-electron chi connectivity index (χ0n) is 12.6. The topological polar surface area (TPSA) is 52.0 Å². The monoisotopic (exact) mass is 274 g/mol. The molecule has 108 valence electrons. The van der Waals surface area contributed by atoms with E-state index in [1.54, 1.807) is 7.11 Å². The van der Waals surface area contributed by atoms with Gasteiger partial charge < -0.3 is 10.1 Å². The average Bonchev–Trinajstić information content (AvgIpc) is 2.83. The van der Waals surface area contributed by atoms with Gasteiger partial charge in [0.15, 0.2) is 0 Å². The van der Waals surface area contributed by atoms with Gasteiger partial charge in [-0.3, -0.25) is 9.67 Å². The summed E-state index contributed by atoms with van der Waals surface area (Å²) >= 11 is 0. The molecule has 1 N–H and O–H groups in total. The lowest BCUT2D eigenvalue weighted by molar-refractivity contribution is 0.406. The number of methoxy groups -OCH3 is 1. The molecule has 0 aliphatic rings. The molecule has 0 bridgehead atoms. The minimum atomic E-state index is 0.753. The lowest BCUT2D eigenvalue weighted by Gasteiger charge is -2.12. The molecule has 5 nitrogen and oxygen atoms in total. The first-order valence-electron chi connectivity index (χ1n) is 6.79. The highest BCUT2D eigenvalue weighted by molar-refractivity contribution is 5.40. The van der Waals surface area contributed by atoms with Crippen molar-refractivity contribution in [3.63, 3.8) is 0 Å². The van der Waals surface area contributed by atoms with Crippen LogP contribution in [0.2, 0.25) is 0 Å². The van der Waals surface area contributed by atoms with Crippen LogP contribution in [0.5, 0.6) is 5.75 Å². The minimum absolute atomic E-state index is 0.753. The van der Waals surface area contributed by atoms with Gasteiger partial charge in [-0.25, -0.2) is 0 Å². The van der Waals surface area contributed by atoms with Crippen molar-refractivity contribution in [2.75, 3.05) is 13.7 Å². The van der Waals surface area contributed by atoms with Gasteiger partial charge in [0.2, 0.25) is 0 Å². The maximum absolute atomic E-state index is 5.42. The van der Waals surface area contributed by atoms with Gasteiger partial charge in [-0.05, 0) is 32.4 Å². The summed E-state index contributed by atoms with van der Waals surface area (Å²) in [5.74, 6) is 0.934. The molecule has 0 radical (unpaired) electrons. The summed E-state index contributed by atoms with van der Waals surface area (Å²) in [5.41, 5.74) is 4.47. The van der Waals surface area contributed by atoms with Crippen LogP contribution in [-0.4, -0.2) is 28.4 Å². The van der Waals surface area contributed by atoms with Gasteiger partial charge in [-0.15, -0.1) is 0 Å². The standard InChI is InChI=1S/C15H22N4O/c1-11-7-17-14(12(2)15(11)20-4)9-16-6-5-13-8-18-19(3)10-13/h7-8,10,16H,5-6,9H2,1-4H3. The average molecular weight is 274 g/mol. The molecule has 0 aromatic carbocycles. The Morgan fingerprint density at radius 3 is 2.75 bits per heavy atom. The summed E-state index contributed by atoms with van der Waals surface area (Å²) in [4.78, 5) is 4.48. The summed E-state index contributed by atoms with van der Waals surface area (Å²) < 4.78 is 7.24. The highest BCUT2D eigenvalue weighted by atomic mass is 16.5. The number of ether oxygens (including phenoxy) is 1. The first-order chi connectivity index (χ1) is 9.61. The van der Waals surface area contributed by atoms with Crippen LogP contribution >= 0.6 is 0 Å². The number of aromatic nitrogens is 3.